The summed E-state index contributed by atoms with van der Waals surface area (Å²) in [7, 11) is 1.50. The van der Waals surface area contributed by atoms with Crippen molar-refractivity contribution in [3.63, 3.8) is 0 Å². The van der Waals surface area contributed by atoms with Gasteiger partial charge in [0.15, 0.2) is 0 Å². The highest BCUT2D eigenvalue weighted by Gasteiger charge is 2.14. The third-order valence-corrected chi connectivity index (χ3v) is 4.01. The Labute approximate surface area is 166 Å². The number of carbonyl (C=O) groups excluding carboxylic acids is 2. The largest absolute Gasteiger partial charge is 0.495 e. The van der Waals surface area contributed by atoms with Gasteiger partial charge < -0.3 is 15.4 Å². The lowest BCUT2D eigenvalue weighted by atomic mass is 10.2. The molecular weight excluding hydrogens is 376 g/mol. The number of ether oxygens (including phenoxy) is 1. The van der Waals surface area contributed by atoms with Gasteiger partial charge in [0.05, 0.1) is 25.0 Å². The highest BCUT2D eigenvalue weighted by molar-refractivity contribution is 5.95. The number of tetrazole rings is 1. The highest BCUT2D eigenvalue weighted by Crippen LogP contribution is 2.24. The lowest BCUT2D eigenvalue weighted by molar-refractivity contribution is -0.124. The molecule has 0 atom stereocenters. The number of nitrogens with one attached hydrogen (secondary N) is 2. The molecule has 0 aliphatic heterocycles. The van der Waals surface area contributed by atoms with Gasteiger partial charge in [-0.05, 0) is 47.2 Å². The van der Waals surface area contributed by atoms with E-state index < -0.39 is 17.5 Å². The molecule has 0 saturated carbocycles. The zero-order valence-electron chi connectivity index (χ0n) is 16.0. The Morgan fingerprint density at radius 2 is 1.83 bits per heavy atom. The van der Waals surface area contributed by atoms with Gasteiger partial charge in [-0.1, -0.05) is 24.3 Å². The van der Waals surface area contributed by atoms with Crippen LogP contribution in [0.15, 0.2) is 53.3 Å². The number of nitrogens with zero attached hydrogens (tertiary/aromatic N) is 4. The molecule has 0 unspecified atom stereocenters. The molecule has 2 N–H and O–H groups in total. The maximum atomic E-state index is 12.3. The molecule has 1 heterocycles. The van der Waals surface area contributed by atoms with E-state index in [1.54, 1.807) is 36.4 Å². The van der Waals surface area contributed by atoms with Gasteiger partial charge in [0.2, 0.25) is 11.8 Å². The first-order chi connectivity index (χ1) is 14.0. The number of rotatable bonds is 7. The molecule has 0 aliphatic carbocycles. The van der Waals surface area contributed by atoms with Crippen LogP contribution in [0.2, 0.25) is 0 Å². The summed E-state index contributed by atoms with van der Waals surface area (Å²) in [5.41, 5.74) is 1.44. The summed E-state index contributed by atoms with van der Waals surface area (Å²) in [5.74, 6) is -0.458. The van der Waals surface area contributed by atoms with Crippen molar-refractivity contribution in [2.75, 3.05) is 19.0 Å². The van der Waals surface area contributed by atoms with E-state index in [2.05, 4.69) is 21.1 Å². The summed E-state index contributed by atoms with van der Waals surface area (Å²) in [6, 6.07) is 14.1. The second-order valence-electron chi connectivity index (χ2n) is 6.20. The fourth-order valence-electron chi connectivity index (χ4n) is 2.59. The minimum atomic E-state index is -0.555. The second kappa shape index (κ2) is 8.83. The van der Waals surface area contributed by atoms with Crippen molar-refractivity contribution in [3.05, 3.63) is 64.6 Å². The van der Waals surface area contributed by atoms with Crippen LogP contribution in [0.5, 0.6) is 5.75 Å². The first-order valence-electron chi connectivity index (χ1n) is 8.77. The number of methoxy groups -OCH3 is 1. The molecule has 0 aliphatic rings. The first kappa shape index (κ1) is 19.8. The molecule has 2 amide bonds. The third kappa shape index (κ3) is 4.86. The molecule has 3 rings (SSSR count). The third-order valence-electron chi connectivity index (χ3n) is 4.01. The van der Waals surface area contributed by atoms with Crippen LogP contribution in [0.1, 0.15) is 5.56 Å². The van der Waals surface area contributed by atoms with Gasteiger partial charge in [-0.25, -0.2) is 4.79 Å². The number of hydrogen-bond donors (Lipinski definition) is 2. The van der Waals surface area contributed by atoms with Crippen LogP contribution >= 0.6 is 0 Å². The predicted octanol–water partition coefficient (Wildman–Crippen LogP) is 0.501. The summed E-state index contributed by atoms with van der Waals surface area (Å²) < 4.78 is 7.21. The topological polar surface area (TPSA) is 120 Å². The fourth-order valence-corrected chi connectivity index (χ4v) is 2.59. The van der Waals surface area contributed by atoms with Crippen molar-refractivity contribution in [3.8, 4) is 11.4 Å². The number of hydrogen-bond acceptors (Lipinski definition) is 6. The minimum Gasteiger partial charge on any atom is -0.495 e. The van der Waals surface area contributed by atoms with Crippen molar-refractivity contribution >= 4 is 17.5 Å². The van der Waals surface area contributed by atoms with Gasteiger partial charge in [0, 0.05) is 0 Å². The quantitative estimate of drug-likeness (QED) is 0.600. The molecule has 10 heteroatoms. The van der Waals surface area contributed by atoms with E-state index in [0.29, 0.717) is 17.1 Å². The molecule has 150 valence electrons. The van der Waals surface area contributed by atoms with Gasteiger partial charge in [-0.3, -0.25) is 9.59 Å². The van der Waals surface area contributed by atoms with Crippen molar-refractivity contribution in [2.45, 2.75) is 13.5 Å². The lowest BCUT2D eigenvalue weighted by Crippen LogP contribution is -2.37. The summed E-state index contributed by atoms with van der Waals surface area (Å²) in [4.78, 5) is 36.5. The van der Waals surface area contributed by atoms with Gasteiger partial charge in [-0.2, -0.15) is 9.36 Å². The van der Waals surface area contributed by atoms with Crippen LogP contribution in [0.25, 0.3) is 5.69 Å². The van der Waals surface area contributed by atoms with Gasteiger partial charge in [0.1, 0.15) is 12.3 Å². The Morgan fingerprint density at radius 1 is 1.07 bits per heavy atom. The normalized spacial score (nSPS) is 10.4. The van der Waals surface area contributed by atoms with Gasteiger partial charge >= 0.3 is 5.69 Å². The molecule has 2 aromatic carbocycles. The molecule has 0 radical (unpaired) electrons. The molecule has 3 aromatic rings. The SMILES string of the molecule is COc1ccc(C)cc1NC(=O)CNC(=O)Cn1nnn(-c2ccccc2)c1=O. The minimum absolute atomic E-state index is 0.266. The van der Waals surface area contributed by atoms with E-state index in [0.717, 1.165) is 14.9 Å². The van der Waals surface area contributed by atoms with Crippen molar-refractivity contribution in [1.82, 2.24) is 25.1 Å². The molecule has 29 heavy (non-hydrogen) atoms. The highest BCUT2D eigenvalue weighted by atomic mass is 16.5. The van der Waals surface area contributed by atoms with Crippen molar-refractivity contribution < 1.29 is 14.3 Å². The molecule has 0 fully saturated rings. The molecule has 0 saturated heterocycles. The number of aryl methyl sites for hydroxylation is 1. The Balaban J connectivity index is 1.57. The van der Waals surface area contributed by atoms with Crippen LogP contribution in [0.3, 0.4) is 0 Å². The number of aromatic nitrogens is 4. The number of para-hydroxylation sites is 1. The fraction of sp³-hybridized carbons (Fsp3) is 0.211. The first-order valence-corrected chi connectivity index (χ1v) is 8.77. The maximum absolute atomic E-state index is 12.3. The zero-order valence-corrected chi connectivity index (χ0v) is 16.0. The monoisotopic (exact) mass is 396 g/mol. The average molecular weight is 396 g/mol. The van der Waals surface area contributed by atoms with Crippen LogP contribution in [-0.2, 0) is 16.1 Å². The van der Waals surface area contributed by atoms with Gasteiger partial charge in [-0.15, -0.1) is 0 Å². The van der Waals surface area contributed by atoms with Crippen LogP contribution < -0.4 is 21.1 Å². The Hall–Kier alpha value is -3.95. The van der Waals surface area contributed by atoms with E-state index in [1.165, 1.54) is 7.11 Å². The second-order valence-corrected chi connectivity index (χ2v) is 6.20. The van der Waals surface area contributed by atoms with E-state index in [4.69, 9.17) is 4.74 Å². The summed E-state index contributed by atoms with van der Waals surface area (Å²) in [6.45, 7) is 1.27. The van der Waals surface area contributed by atoms with E-state index >= 15 is 0 Å². The average Bonchev–Trinajstić information content (AvgIpc) is 3.07. The van der Waals surface area contributed by atoms with Crippen molar-refractivity contribution in [2.24, 2.45) is 0 Å². The van der Waals surface area contributed by atoms with Crippen molar-refractivity contribution in [1.29, 1.82) is 0 Å². The number of amides is 2. The number of carbonyl (C=O) groups is 2. The maximum Gasteiger partial charge on any atom is 0.368 e. The lowest BCUT2D eigenvalue weighted by Gasteiger charge is -2.11. The van der Waals surface area contributed by atoms with E-state index in [1.807, 2.05) is 19.1 Å². The van der Waals surface area contributed by atoms with Crippen LogP contribution in [0.4, 0.5) is 5.69 Å². The summed E-state index contributed by atoms with van der Waals surface area (Å²) >= 11 is 0. The Kier molecular flexibility index (Phi) is 6.03. The standard InChI is InChI=1S/C19H20N6O4/c1-13-8-9-16(29-2)15(10-13)21-17(26)11-20-18(27)12-24-19(28)25(23-22-24)14-6-4-3-5-7-14/h3-10H,11-12H2,1-2H3,(H,20,27)(H,21,26). The number of benzene rings is 2. The van der Waals surface area contributed by atoms with E-state index in [-0.39, 0.29) is 13.1 Å². The summed E-state index contributed by atoms with van der Waals surface area (Å²) in [6.07, 6.45) is 0. The Morgan fingerprint density at radius 3 is 2.55 bits per heavy atom. The van der Waals surface area contributed by atoms with Gasteiger partial charge in [0.25, 0.3) is 0 Å². The van der Waals surface area contributed by atoms with E-state index in [9.17, 15) is 14.4 Å². The molecule has 1 aromatic heterocycles. The molecular formula is C19H20N6O4. The smallest absolute Gasteiger partial charge is 0.368 e. The molecule has 0 bridgehead atoms. The zero-order chi connectivity index (χ0) is 20.8. The molecule has 0 spiro atoms. The summed E-state index contributed by atoms with van der Waals surface area (Å²) in [5, 5.41) is 12.6. The van der Waals surface area contributed by atoms with Crippen LogP contribution in [-0.4, -0.2) is 45.3 Å². The van der Waals surface area contributed by atoms with Crippen LogP contribution in [0, 0.1) is 6.92 Å². The molecule has 10 nitrogen and oxygen atoms in total. The predicted molar refractivity (Wildman–Crippen MR) is 105 cm³/mol. The number of anilines is 1. The Bertz CT molecular complexity index is 1070.